The van der Waals surface area contributed by atoms with Crippen LogP contribution in [-0.4, -0.2) is 24.3 Å². The van der Waals surface area contributed by atoms with Crippen LogP contribution in [0.15, 0.2) is 42.5 Å². The topological polar surface area (TPSA) is 55.4 Å². The van der Waals surface area contributed by atoms with Gasteiger partial charge in [0.05, 0.1) is 11.1 Å². The Hall–Kier alpha value is -2.69. The highest BCUT2D eigenvalue weighted by atomic mass is 19.1. The molecule has 2 aromatic rings. The van der Waals surface area contributed by atoms with Crippen LogP contribution in [0.2, 0.25) is 0 Å². The molecule has 1 atom stereocenters. The Morgan fingerprint density at radius 3 is 2.82 bits per heavy atom. The first-order valence-corrected chi connectivity index (χ1v) is 6.90. The lowest BCUT2D eigenvalue weighted by Gasteiger charge is -2.24. The van der Waals surface area contributed by atoms with E-state index >= 15 is 0 Å². The number of carbonyl (C=O) groups excluding carboxylic acids is 2. The van der Waals surface area contributed by atoms with Gasteiger partial charge in [-0.05, 0) is 30.7 Å². The third kappa shape index (κ3) is 2.45. The number of hydrogen-bond acceptors (Lipinski definition) is 3. The maximum Gasteiger partial charge on any atom is 0.254 e. The molecule has 0 saturated carbocycles. The summed E-state index contributed by atoms with van der Waals surface area (Å²) in [6.07, 6.45) is 0. The van der Waals surface area contributed by atoms with E-state index in [-0.39, 0.29) is 18.0 Å². The van der Waals surface area contributed by atoms with Crippen molar-refractivity contribution in [2.75, 3.05) is 6.61 Å². The van der Waals surface area contributed by atoms with Crippen molar-refractivity contribution in [2.24, 2.45) is 0 Å². The molecule has 2 aromatic carbocycles. The van der Waals surface area contributed by atoms with Gasteiger partial charge in [0, 0.05) is 0 Å². The molecule has 3 rings (SSSR count). The maximum atomic E-state index is 14.0. The Morgan fingerprint density at radius 1 is 1.23 bits per heavy atom. The average molecular weight is 299 g/mol. The number of Topliss-reactive ketones (excluding diaryl/α,β-unsaturated/α-hetero) is 1. The molecule has 5 heteroatoms. The molecule has 1 amide bonds. The lowest BCUT2D eigenvalue weighted by Crippen LogP contribution is -2.47. The third-order valence-corrected chi connectivity index (χ3v) is 3.62. The minimum absolute atomic E-state index is 0.0367. The highest BCUT2D eigenvalue weighted by molar-refractivity contribution is 6.06. The van der Waals surface area contributed by atoms with Crippen molar-refractivity contribution in [2.45, 2.75) is 13.0 Å². The van der Waals surface area contributed by atoms with Gasteiger partial charge in [0.1, 0.15) is 24.2 Å². The Bertz CT molecular complexity index is 757. The zero-order valence-electron chi connectivity index (χ0n) is 11.9. The van der Waals surface area contributed by atoms with Crippen LogP contribution < -0.4 is 10.1 Å². The van der Waals surface area contributed by atoms with Gasteiger partial charge in [0.2, 0.25) is 0 Å². The largest absolute Gasteiger partial charge is 0.490 e. The van der Waals surface area contributed by atoms with Gasteiger partial charge in [-0.3, -0.25) is 9.59 Å². The van der Waals surface area contributed by atoms with E-state index in [2.05, 4.69) is 5.32 Å². The van der Waals surface area contributed by atoms with E-state index in [0.29, 0.717) is 16.9 Å². The van der Waals surface area contributed by atoms with Crippen LogP contribution in [0.25, 0.3) is 0 Å². The fraction of sp³-hybridized carbons (Fsp3) is 0.176. The van der Waals surface area contributed by atoms with Gasteiger partial charge in [0.15, 0.2) is 5.78 Å². The maximum absolute atomic E-state index is 14.0. The molecule has 4 nitrogen and oxygen atoms in total. The highest BCUT2D eigenvalue weighted by Gasteiger charge is 2.30. The second-order valence-corrected chi connectivity index (χ2v) is 5.13. The molecule has 22 heavy (non-hydrogen) atoms. The predicted octanol–water partition coefficient (Wildman–Crippen LogP) is 2.51. The van der Waals surface area contributed by atoms with Gasteiger partial charge >= 0.3 is 0 Å². The van der Waals surface area contributed by atoms with Crippen LogP contribution in [0.1, 0.15) is 26.3 Å². The lowest BCUT2D eigenvalue weighted by atomic mass is 10.0. The second-order valence-electron chi connectivity index (χ2n) is 5.13. The smallest absolute Gasteiger partial charge is 0.254 e. The normalized spacial score (nSPS) is 16.6. The van der Waals surface area contributed by atoms with E-state index in [0.717, 1.165) is 0 Å². The fourth-order valence-electron chi connectivity index (χ4n) is 2.40. The summed E-state index contributed by atoms with van der Waals surface area (Å²) in [5.74, 6) is -0.935. The number of benzene rings is 2. The van der Waals surface area contributed by atoms with Crippen molar-refractivity contribution < 1.29 is 18.7 Å². The summed E-state index contributed by atoms with van der Waals surface area (Å²) in [4.78, 5) is 24.5. The molecular formula is C17H14FNO3. The van der Waals surface area contributed by atoms with Crippen LogP contribution >= 0.6 is 0 Å². The first kappa shape index (κ1) is 14.3. The highest BCUT2D eigenvalue weighted by Crippen LogP contribution is 2.24. The molecule has 1 aliphatic heterocycles. The van der Waals surface area contributed by atoms with Gasteiger partial charge in [-0.1, -0.05) is 24.3 Å². The third-order valence-electron chi connectivity index (χ3n) is 3.62. The average Bonchev–Trinajstić information content (AvgIpc) is 2.53. The Morgan fingerprint density at radius 2 is 2.00 bits per heavy atom. The van der Waals surface area contributed by atoms with E-state index in [1.165, 1.54) is 6.07 Å². The number of ether oxygens (including phenoxy) is 1. The molecule has 1 heterocycles. The zero-order chi connectivity index (χ0) is 15.7. The number of amides is 1. The molecule has 0 bridgehead atoms. The first-order chi connectivity index (χ1) is 10.6. The van der Waals surface area contributed by atoms with E-state index in [1.54, 1.807) is 43.3 Å². The fourth-order valence-corrected chi connectivity index (χ4v) is 2.40. The Kier molecular flexibility index (Phi) is 3.63. The summed E-state index contributed by atoms with van der Waals surface area (Å²) in [5, 5.41) is 2.54. The number of ketones is 1. The molecule has 0 spiro atoms. The number of carbonyl (C=O) groups is 2. The van der Waals surface area contributed by atoms with Crippen molar-refractivity contribution in [1.29, 1.82) is 0 Å². The second kappa shape index (κ2) is 5.60. The summed E-state index contributed by atoms with van der Waals surface area (Å²) in [5.41, 5.74) is 0.722. The van der Waals surface area contributed by atoms with Crippen LogP contribution in [0.5, 0.6) is 5.75 Å². The lowest BCUT2D eigenvalue weighted by molar-refractivity contribution is 0.0793. The zero-order valence-corrected chi connectivity index (χ0v) is 11.9. The standard InChI is InChI=1S/C17H14FNO3/c1-10-5-4-7-12(15(10)18)17(21)19-13-9-22-14-8-3-2-6-11(14)16(13)20/h2-8,13H,9H2,1H3,(H,19,21)/t13-/m1/s1. The number of para-hydroxylation sites is 1. The van der Waals surface area contributed by atoms with E-state index in [1.807, 2.05) is 0 Å². The molecular weight excluding hydrogens is 285 g/mol. The van der Waals surface area contributed by atoms with Crippen molar-refractivity contribution in [3.05, 3.63) is 65.0 Å². The van der Waals surface area contributed by atoms with E-state index in [9.17, 15) is 14.0 Å². The number of nitrogens with one attached hydrogen (secondary N) is 1. The number of fused-ring (bicyclic) bond motifs is 1. The predicted molar refractivity (Wildman–Crippen MR) is 78.7 cm³/mol. The number of hydrogen-bond donors (Lipinski definition) is 1. The van der Waals surface area contributed by atoms with Crippen LogP contribution in [0.4, 0.5) is 4.39 Å². The summed E-state index contributed by atoms with van der Waals surface area (Å²) in [6, 6.07) is 10.6. The summed E-state index contributed by atoms with van der Waals surface area (Å²) >= 11 is 0. The molecule has 0 radical (unpaired) electrons. The van der Waals surface area contributed by atoms with Crippen LogP contribution in [0.3, 0.4) is 0 Å². The molecule has 0 fully saturated rings. The minimum atomic E-state index is -0.817. The van der Waals surface area contributed by atoms with E-state index in [4.69, 9.17) is 4.74 Å². The van der Waals surface area contributed by atoms with Gasteiger partial charge < -0.3 is 10.1 Å². The van der Waals surface area contributed by atoms with E-state index < -0.39 is 17.8 Å². The summed E-state index contributed by atoms with van der Waals surface area (Å²) < 4.78 is 19.4. The quantitative estimate of drug-likeness (QED) is 0.927. The molecule has 0 saturated heterocycles. The molecule has 0 aromatic heterocycles. The number of halogens is 1. The van der Waals surface area contributed by atoms with Gasteiger partial charge in [-0.15, -0.1) is 0 Å². The first-order valence-electron chi connectivity index (χ1n) is 6.90. The Balaban J connectivity index is 1.81. The van der Waals surface area contributed by atoms with Crippen molar-refractivity contribution in [3.8, 4) is 5.75 Å². The molecule has 0 aliphatic carbocycles. The van der Waals surface area contributed by atoms with Crippen molar-refractivity contribution >= 4 is 11.7 Å². The molecule has 0 unspecified atom stereocenters. The van der Waals surface area contributed by atoms with Crippen molar-refractivity contribution in [1.82, 2.24) is 5.32 Å². The summed E-state index contributed by atoms with van der Waals surface area (Å²) in [6.45, 7) is 1.62. The molecule has 112 valence electrons. The Labute approximate surface area is 126 Å². The van der Waals surface area contributed by atoms with Crippen molar-refractivity contribution in [3.63, 3.8) is 0 Å². The van der Waals surface area contributed by atoms with Crippen LogP contribution in [-0.2, 0) is 0 Å². The minimum Gasteiger partial charge on any atom is -0.490 e. The summed E-state index contributed by atoms with van der Waals surface area (Å²) in [7, 11) is 0. The monoisotopic (exact) mass is 299 g/mol. The van der Waals surface area contributed by atoms with Gasteiger partial charge in [-0.2, -0.15) is 0 Å². The SMILES string of the molecule is Cc1cccc(C(=O)N[C@@H]2COc3ccccc3C2=O)c1F. The number of aryl methyl sites for hydroxylation is 1. The molecule has 1 N–H and O–H groups in total. The van der Waals surface area contributed by atoms with Crippen LogP contribution in [0, 0.1) is 12.7 Å². The number of rotatable bonds is 2. The van der Waals surface area contributed by atoms with Gasteiger partial charge in [-0.25, -0.2) is 4.39 Å². The molecule has 1 aliphatic rings. The van der Waals surface area contributed by atoms with Gasteiger partial charge in [0.25, 0.3) is 5.91 Å².